The average molecular weight is 461 g/mol. The van der Waals surface area contributed by atoms with E-state index in [0.29, 0.717) is 34.5 Å². The van der Waals surface area contributed by atoms with Crippen molar-refractivity contribution in [3.8, 4) is 22.8 Å². The van der Waals surface area contributed by atoms with Crippen LogP contribution in [0, 0.1) is 0 Å². The first-order chi connectivity index (χ1) is 16.1. The molecule has 1 atom stereocenters. The third-order valence-electron chi connectivity index (χ3n) is 5.82. The number of ether oxygens (including phenoxy) is 2. The van der Waals surface area contributed by atoms with E-state index in [2.05, 4.69) is 15.2 Å². The molecule has 33 heavy (non-hydrogen) atoms. The van der Waals surface area contributed by atoms with Crippen LogP contribution in [0.1, 0.15) is 33.2 Å². The predicted octanol–water partition coefficient (Wildman–Crippen LogP) is 4.89. The Balaban J connectivity index is 1.68. The standard InChI is InChI=1S/C25H21ClN4O3/c1-32-18-7-8-19(20(13-18)33-2)24-21-22(16-3-5-17(26)6-4-16)28-29-23(21)25(31)30(24)14-15-9-11-27-12-10-15/h3-13,24H,14H2,1-2H3,(H,28,29). The number of H-pyrrole nitrogens is 1. The molecule has 0 spiro atoms. The Morgan fingerprint density at radius 1 is 1.03 bits per heavy atom. The quantitative estimate of drug-likeness (QED) is 0.443. The molecular weight excluding hydrogens is 440 g/mol. The lowest BCUT2D eigenvalue weighted by Crippen LogP contribution is -2.29. The topological polar surface area (TPSA) is 80.3 Å². The van der Waals surface area contributed by atoms with Gasteiger partial charge in [-0.15, -0.1) is 0 Å². The molecule has 0 saturated carbocycles. The summed E-state index contributed by atoms with van der Waals surface area (Å²) in [5, 5.41) is 8.11. The molecule has 1 aliphatic heterocycles. The molecule has 5 rings (SSSR count). The highest BCUT2D eigenvalue weighted by Gasteiger charge is 2.43. The summed E-state index contributed by atoms with van der Waals surface area (Å²) < 4.78 is 11.1. The number of pyridine rings is 1. The number of hydrogen-bond acceptors (Lipinski definition) is 5. The molecule has 0 radical (unpaired) electrons. The van der Waals surface area contributed by atoms with Crippen molar-refractivity contribution in [1.29, 1.82) is 0 Å². The van der Waals surface area contributed by atoms with Gasteiger partial charge >= 0.3 is 0 Å². The van der Waals surface area contributed by atoms with E-state index < -0.39 is 6.04 Å². The highest BCUT2D eigenvalue weighted by molar-refractivity contribution is 6.30. The molecule has 1 N–H and O–H groups in total. The SMILES string of the molecule is COc1ccc(C2c3c(-c4ccc(Cl)cc4)n[nH]c3C(=O)N2Cc2ccncc2)c(OC)c1. The van der Waals surface area contributed by atoms with Crippen LogP contribution in [0.4, 0.5) is 0 Å². The maximum Gasteiger partial charge on any atom is 0.273 e. The molecule has 2 aromatic carbocycles. The van der Waals surface area contributed by atoms with Crippen molar-refractivity contribution in [3.05, 3.63) is 94.4 Å². The number of carbonyl (C=O) groups excluding carboxylic acids is 1. The summed E-state index contributed by atoms with van der Waals surface area (Å²) in [7, 11) is 3.22. The molecule has 166 valence electrons. The maximum absolute atomic E-state index is 13.6. The molecule has 2 aromatic heterocycles. The van der Waals surface area contributed by atoms with Crippen molar-refractivity contribution in [3.63, 3.8) is 0 Å². The van der Waals surface area contributed by atoms with E-state index in [1.807, 2.05) is 59.5 Å². The van der Waals surface area contributed by atoms with E-state index in [0.717, 1.165) is 22.3 Å². The van der Waals surface area contributed by atoms with Gasteiger partial charge in [-0.2, -0.15) is 5.10 Å². The Hall–Kier alpha value is -3.84. The van der Waals surface area contributed by atoms with Crippen LogP contribution in [0.25, 0.3) is 11.3 Å². The number of benzene rings is 2. The van der Waals surface area contributed by atoms with E-state index in [1.165, 1.54) is 0 Å². The van der Waals surface area contributed by atoms with E-state index in [9.17, 15) is 4.79 Å². The zero-order chi connectivity index (χ0) is 22.9. The van der Waals surface area contributed by atoms with Gasteiger partial charge in [0.2, 0.25) is 0 Å². The summed E-state index contributed by atoms with van der Waals surface area (Å²) in [6.45, 7) is 0.407. The number of amides is 1. The van der Waals surface area contributed by atoms with Crippen molar-refractivity contribution >= 4 is 17.5 Å². The number of halogens is 1. The van der Waals surface area contributed by atoms with Crippen molar-refractivity contribution < 1.29 is 14.3 Å². The fourth-order valence-electron chi connectivity index (χ4n) is 4.24. The predicted molar refractivity (Wildman–Crippen MR) is 125 cm³/mol. The van der Waals surface area contributed by atoms with Gasteiger partial charge in [-0.25, -0.2) is 0 Å². The third kappa shape index (κ3) is 3.70. The van der Waals surface area contributed by atoms with E-state index in [-0.39, 0.29) is 5.91 Å². The van der Waals surface area contributed by atoms with Crippen LogP contribution in [0.15, 0.2) is 67.0 Å². The van der Waals surface area contributed by atoms with E-state index >= 15 is 0 Å². The van der Waals surface area contributed by atoms with E-state index in [4.69, 9.17) is 21.1 Å². The Morgan fingerprint density at radius 2 is 1.79 bits per heavy atom. The first kappa shape index (κ1) is 21.0. The number of aromatic amines is 1. The van der Waals surface area contributed by atoms with Crippen LogP contribution in [0.5, 0.6) is 11.5 Å². The van der Waals surface area contributed by atoms with Crippen LogP contribution in [-0.2, 0) is 6.54 Å². The minimum absolute atomic E-state index is 0.127. The number of aromatic nitrogens is 3. The number of nitrogens with zero attached hydrogens (tertiary/aromatic N) is 3. The number of methoxy groups -OCH3 is 2. The number of carbonyl (C=O) groups is 1. The molecule has 1 unspecified atom stereocenters. The second-order valence-electron chi connectivity index (χ2n) is 7.67. The molecule has 4 aromatic rings. The van der Waals surface area contributed by atoms with Gasteiger partial charge in [-0.1, -0.05) is 23.7 Å². The van der Waals surface area contributed by atoms with Crippen LogP contribution < -0.4 is 9.47 Å². The Labute approximate surface area is 195 Å². The molecule has 3 heterocycles. The number of fused-ring (bicyclic) bond motifs is 1. The number of rotatable bonds is 6. The molecule has 0 fully saturated rings. The first-order valence-electron chi connectivity index (χ1n) is 10.4. The second kappa shape index (κ2) is 8.60. The van der Waals surface area contributed by atoms with Gasteiger partial charge in [0.15, 0.2) is 0 Å². The molecule has 0 bridgehead atoms. The summed E-state index contributed by atoms with van der Waals surface area (Å²) in [5.74, 6) is 1.17. The Kier molecular flexibility index (Phi) is 5.48. The Bertz CT molecular complexity index is 1310. The normalized spacial score (nSPS) is 14.9. The molecule has 0 saturated heterocycles. The lowest BCUT2D eigenvalue weighted by molar-refractivity contribution is 0.0728. The highest BCUT2D eigenvalue weighted by atomic mass is 35.5. The van der Waals surface area contributed by atoms with Crippen molar-refractivity contribution in [2.24, 2.45) is 0 Å². The summed E-state index contributed by atoms with van der Waals surface area (Å²) in [6.07, 6.45) is 3.44. The van der Waals surface area contributed by atoms with Gasteiger partial charge in [0.1, 0.15) is 17.2 Å². The largest absolute Gasteiger partial charge is 0.497 e. The van der Waals surface area contributed by atoms with Gasteiger partial charge < -0.3 is 14.4 Å². The van der Waals surface area contributed by atoms with Crippen LogP contribution >= 0.6 is 11.6 Å². The van der Waals surface area contributed by atoms with Gasteiger partial charge in [-0.05, 0) is 42.0 Å². The number of nitrogens with one attached hydrogen (secondary N) is 1. The van der Waals surface area contributed by atoms with Crippen LogP contribution in [0.3, 0.4) is 0 Å². The zero-order valence-corrected chi connectivity index (χ0v) is 18.8. The molecule has 8 heteroatoms. The summed E-state index contributed by atoms with van der Waals surface area (Å²) in [5.41, 5.74) is 4.66. The second-order valence-corrected chi connectivity index (χ2v) is 8.10. The molecule has 7 nitrogen and oxygen atoms in total. The van der Waals surface area contributed by atoms with E-state index in [1.54, 1.807) is 26.6 Å². The Morgan fingerprint density at radius 3 is 2.48 bits per heavy atom. The van der Waals surface area contributed by atoms with Gasteiger partial charge in [0.25, 0.3) is 5.91 Å². The molecule has 1 aliphatic rings. The smallest absolute Gasteiger partial charge is 0.273 e. The van der Waals surface area contributed by atoms with Gasteiger partial charge in [0, 0.05) is 46.7 Å². The van der Waals surface area contributed by atoms with Crippen molar-refractivity contribution in [2.45, 2.75) is 12.6 Å². The third-order valence-corrected chi connectivity index (χ3v) is 6.07. The molecule has 1 amide bonds. The zero-order valence-electron chi connectivity index (χ0n) is 18.1. The molecular formula is C25H21ClN4O3. The lowest BCUT2D eigenvalue weighted by atomic mass is 9.95. The highest BCUT2D eigenvalue weighted by Crippen LogP contribution is 2.46. The van der Waals surface area contributed by atoms with Crippen molar-refractivity contribution in [2.75, 3.05) is 14.2 Å². The summed E-state index contributed by atoms with van der Waals surface area (Å²) >= 11 is 6.10. The average Bonchev–Trinajstić information content (AvgIpc) is 3.39. The van der Waals surface area contributed by atoms with Crippen molar-refractivity contribution in [1.82, 2.24) is 20.1 Å². The van der Waals surface area contributed by atoms with Crippen LogP contribution in [0.2, 0.25) is 5.02 Å². The van der Waals surface area contributed by atoms with Gasteiger partial charge in [0.05, 0.1) is 26.0 Å². The minimum Gasteiger partial charge on any atom is -0.497 e. The fraction of sp³-hybridized carbons (Fsp3) is 0.160. The summed E-state index contributed by atoms with van der Waals surface area (Å²) in [4.78, 5) is 19.5. The fourth-order valence-corrected chi connectivity index (χ4v) is 4.37. The van der Waals surface area contributed by atoms with Crippen LogP contribution in [-0.4, -0.2) is 40.2 Å². The number of hydrogen-bond donors (Lipinski definition) is 1. The molecule has 0 aliphatic carbocycles. The van der Waals surface area contributed by atoms with Gasteiger partial charge in [-0.3, -0.25) is 14.9 Å². The maximum atomic E-state index is 13.6. The monoisotopic (exact) mass is 460 g/mol. The lowest BCUT2D eigenvalue weighted by Gasteiger charge is -2.28. The summed E-state index contributed by atoms with van der Waals surface area (Å²) in [6, 6.07) is 16.4. The minimum atomic E-state index is -0.411. The first-order valence-corrected chi connectivity index (χ1v) is 10.7.